The van der Waals surface area contributed by atoms with Crippen molar-refractivity contribution >= 4 is 26.0 Å². The van der Waals surface area contributed by atoms with Crippen molar-refractivity contribution in [3.8, 4) is 12.3 Å². The Balaban J connectivity index is 2.14. The number of piperidine rings is 1. The predicted molar refractivity (Wildman–Crippen MR) is 102 cm³/mol. The molecule has 27 heavy (non-hydrogen) atoms. The minimum absolute atomic E-state index is 0.0169. The van der Waals surface area contributed by atoms with Crippen molar-refractivity contribution in [1.82, 2.24) is 14.3 Å². The Morgan fingerprint density at radius 1 is 1.19 bits per heavy atom. The van der Waals surface area contributed by atoms with Gasteiger partial charge in [-0.3, -0.25) is 4.79 Å². The zero-order chi connectivity index (χ0) is 20.1. The molecule has 1 heterocycles. The molecule has 10 heteroatoms. The van der Waals surface area contributed by atoms with Gasteiger partial charge in [0.05, 0.1) is 17.7 Å². The Hall–Kier alpha value is -1.93. The third-order valence-corrected chi connectivity index (χ3v) is 6.35. The van der Waals surface area contributed by atoms with Gasteiger partial charge in [-0.2, -0.15) is 4.72 Å². The molecule has 0 aliphatic carbocycles. The van der Waals surface area contributed by atoms with Crippen LogP contribution in [-0.4, -0.2) is 59.6 Å². The monoisotopic (exact) mass is 413 g/mol. The van der Waals surface area contributed by atoms with Gasteiger partial charge < -0.3 is 4.90 Å². The standard InChI is InChI=1S/C17H23N3O5S2/c1-3-11-18-27(24,25)16-9-7-14(8-10-16)17(21)20-12-5-4-6-15(20)13-19-26(2,22)23/h1,7-10,15,18-19H,4-6,11-13H2,2H3. The summed E-state index contributed by atoms with van der Waals surface area (Å²) in [4.78, 5) is 14.5. The molecule has 1 atom stereocenters. The van der Waals surface area contributed by atoms with Crippen LogP contribution in [0.25, 0.3) is 0 Å². The van der Waals surface area contributed by atoms with E-state index in [2.05, 4.69) is 15.4 Å². The van der Waals surface area contributed by atoms with E-state index in [-0.39, 0.29) is 29.9 Å². The number of nitrogens with zero attached hydrogens (tertiary/aromatic N) is 1. The number of amides is 1. The molecule has 2 rings (SSSR count). The number of hydrogen-bond acceptors (Lipinski definition) is 5. The molecule has 0 saturated carbocycles. The molecule has 0 spiro atoms. The quantitative estimate of drug-likeness (QED) is 0.618. The van der Waals surface area contributed by atoms with Crippen molar-refractivity contribution < 1.29 is 21.6 Å². The molecular weight excluding hydrogens is 390 g/mol. The second-order valence-electron chi connectivity index (χ2n) is 6.32. The smallest absolute Gasteiger partial charge is 0.254 e. The fourth-order valence-electron chi connectivity index (χ4n) is 2.89. The predicted octanol–water partition coefficient (Wildman–Crippen LogP) is 0.142. The maximum atomic E-state index is 12.8. The molecule has 1 aromatic carbocycles. The van der Waals surface area contributed by atoms with Crippen molar-refractivity contribution in [2.75, 3.05) is 25.9 Å². The highest BCUT2D eigenvalue weighted by atomic mass is 32.2. The highest BCUT2D eigenvalue weighted by Gasteiger charge is 2.28. The van der Waals surface area contributed by atoms with Gasteiger partial charge in [0.2, 0.25) is 20.0 Å². The van der Waals surface area contributed by atoms with Crippen LogP contribution in [0.1, 0.15) is 29.6 Å². The molecule has 1 saturated heterocycles. The molecule has 148 valence electrons. The Morgan fingerprint density at radius 2 is 1.85 bits per heavy atom. The number of nitrogens with one attached hydrogen (secondary N) is 2. The maximum Gasteiger partial charge on any atom is 0.254 e. The summed E-state index contributed by atoms with van der Waals surface area (Å²) in [5.74, 6) is 1.94. The zero-order valence-electron chi connectivity index (χ0n) is 15.0. The van der Waals surface area contributed by atoms with Gasteiger partial charge >= 0.3 is 0 Å². The molecule has 0 radical (unpaired) electrons. The van der Waals surface area contributed by atoms with Crippen LogP contribution in [0.4, 0.5) is 0 Å². The molecule has 1 amide bonds. The first kappa shape index (κ1) is 21.4. The second kappa shape index (κ2) is 8.84. The Labute approximate surface area is 160 Å². The number of likely N-dealkylation sites (tertiary alicyclic amines) is 1. The van der Waals surface area contributed by atoms with Crippen LogP contribution in [0.15, 0.2) is 29.2 Å². The lowest BCUT2D eigenvalue weighted by Gasteiger charge is -2.35. The lowest BCUT2D eigenvalue weighted by Crippen LogP contribution is -2.49. The topological polar surface area (TPSA) is 113 Å². The fraction of sp³-hybridized carbons (Fsp3) is 0.471. The van der Waals surface area contributed by atoms with E-state index in [9.17, 15) is 21.6 Å². The zero-order valence-corrected chi connectivity index (χ0v) is 16.6. The number of rotatable bonds is 7. The van der Waals surface area contributed by atoms with Crippen LogP contribution in [0.5, 0.6) is 0 Å². The summed E-state index contributed by atoms with van der Waals surface area (Å²) in [6, 6.07) is 5.35. The first-order valence-electron chi connectivity index (χ1n) is 8.43. The van der Waals surface area contributed by atoms with Gasteiger partial charge in [-0.15, -0.1) is 6.42 Å². The summed E-state index contributed by atoms with van der Waals surface area (Å²) in [6.45, 7) is 0.567. The van der Waals surface area contributed by atoms with E-state index in [1.807, 2.05) is 0 Å². The van der Waals surface area contributed by atoms with Gasteiger partial charge in [0.15, 0.2) is 0 Å². The van der Waals surface area contributed by atoms with Gasteiger partial charge in [-0.25, -0.2) is 21.6 Å². The highest BCUT2D eigenvalue weighted by molar-refractivity contribution is 7.89. The molecule has 0 aromatic heterocycles. The summed E-state index contributed by atoms with van der Waals surface area (Å²) < 4.78 is 51.5. The molecule has 1 aromatic rings. The van der Waals surface area contributed by atoms with Crippen LogP contribution in [0.2, 0.25) is 0 Å². The Kier molecular flexibility index (Phi) is 7.00. The number of sulfonamides is 2. The average molecular weight is 414 g/mol. The third kappa shape index (κ3) is 6.04. The van der Waals surface area contributed by atoms with E-state index in [4.69, 9.17) is 6.42 Å². The lowest BCUT2D eigenvalue weighted by molar-refractivity contribution is 0.0618. The molecule has 1 fully saturated rings. The molecule has 8 nitrogen and oxygen atoms in total. The molecule has 0 bridgehead atoms. The van der Waals surface area contributed by atoms with Crippen molar-refractivity contribution in [1.29, 1.82) is 0 Å². The summed E-state index contributed by atoms with van der Waals surface area (Å²) in [5.41, 5.74) is 0.345. The Bertz CT molecular complexity index is 918. The van der Waals surface area contributed by atoms with Gasteiger partial charge in [-0.1, -0.05) is 5.92 Å². The molecule has 2 N–H and O–H groups in total. The van der Waals surface area contributed by atoms with Crippen molar-refractivity contribution in [3.63, 3.8) is 0 Å². The van der Waals surface area contributed by atoms with Gasteiger partial charge in [-0.05, 0) is 43.5 Å². The number of benzene rings is 1. The van der Waals surface area contributed by atoms with E-state index >= 15 is 0 Å². The third-order valence-electron chi connectivity index (χ3n) is 4.24. The lowest BCUT2D eigenvalue weighted by atomic mass is 10.0. The van der Waals surface area contributed by atoms with Crippen LogP contribution < -0.4 is 9.44 Å². The Morgan fingerprint density at radius 3 is 2.44 bits per heavy atom. The van der Waals surface area contributed by atoms with Crippen LogP contribution >= 0.6 is 0 Å². The molecule has 1 aliphatic rings. The van der Waals surface area contributed by atoms with E-state index < -0.39 is 20.0 Å². The van der Waals surface area contributed by atoms with Crippen LogP contribution in [0, 0.1) is 12.3 Å². The average Bonchev–Trinajstić information content (AvgIpc) is 2.64. The van der Waals surface area contributed by atoms with Gasteiger partial charge in [0, 0.05) is 24.7 Å². The van der Waals surface area contributed by atoms with E-state index in [1.54, 1.807) is 4.90 Å². The molecular formula is C17H23N3O5S2. The summed E-state index contributed by atoms with van der Waals surface area (Å²) in [6.07, 6.45) is 8.59. The van der Waals surface area contributed by atoms with Crippen molar-refractivity contribution in [3.05, 3.63) is 29.8 Å². The minimum Gasteiger partial charge on any atom is -0.334 e. The number of carbonyl (C=O) groups is 1. The van der Waals surface area contributed by atoms with E-state index in [1.165, 1.54) is 24.3 Å². The number of hydrogen-bond donors (Lipinski definition) is 2. The molecule has 1 unspecified atom stereocenters. The van der Waals surface area contributed by atoms with E-state index in [0.717, 1.165) is 19.1 Å². The highest BCUT2D eigenvalue weighted by Crippen LogP contribution is 2.20. The first-order valence-corrected chi connectivity index (χ1v) is 11.8. The number of carbonyl (C=O) groups excluding carboxylic acids is 1. The minimum atomic E-state index is -3.72. The first-order chi connectivity index (χ1) is 12.6. The normalized spacial score (nSPS) is 18.1. The summed E-state index contributed by atoms with van der Waals surface area (Å²) in [5, 5.41) is 0. The largest absolute Gasteiger partial charge is 0.334 e. The summed E-state index contributed by atoms with van der Waals surface area (Å²) in [7, 11) is -7.06. The van der Waals surface area contributed by atoms with Gasteiger partial charge in [0.25, 0.3) is 5.91 Å². The van der Waals surface area contributed by atoms with Crippen molar-refractivity contribution in [2.45, 2.75) is 30.2 Å². The van der Waals surface area contributed by atoms with Crippen molar-refractivity contribution in [2.24, 2.45) is 0 Å². The fourth-order valence-corrected chi connectivity index (χ4v) is 4.32. The van der Waals surface area contributed by atoms with E-state index in [0.29, 0.717) is 18.5 Å². The summed E-state index contributed by atoms with van der Waals surface area (Å²) >= 11 is 0. The number of terminal acetylenes is 1. The van der Waals surface area contributed by atoms with Crippen LogP contribution in [0.3, 0.4) is 0 Å². The van der Waals surface area contributed by atoms with Gasteiger partial charge in [0.1, 0.15) is 0 Å². The maximum absolute atomic E-state index is 12.8. The second-order valence-corrected chi connectivity index (χ2v) is 9.92. The molecule has 1 aliphatic heterocycles. The SMILES string of the molecule is C#CCNS(=O)(=O)c1ccc(C(=O)N2CCCCC2CNS(C)(=O)=O)cc1. The van der Waals surface area contributed by atoms with Crippen LogP contribution in [-0.2, 0) is 20.0 Å².